The summed E-state index contributed by atoms with van der Waals surface area (Å²) in [5.41, 5.74) is 0. The lowest BCUT2D eigenvalue weighted by atomic mass is 10.0. The fourth-order valence-electron chi connectivity index (χ4n) is 1.76. The van der Waals surface area contributed by atoms with E-state index in [2.05, 4.69) is 20.0 Å². The van der Waals surface area contributed by atoms with Gasteiger partial charge in [-0.2, -0.15) is 5.26 Å². The summed E-state index contributed by atoms with van der Waals surface area (Å²) in [7, 11) is 0. The zero-order valence-electron chi connectivity index (χ0n) is 7.38. The van der Waals surface area contributed by atoms with Crippen LogP contribution in [0.15, 0.2) is 0 Å². The molecule has 0 spiro atoms. The number of rotatable bonds is 2. The number of hydrogen-bond acceptors (Lipinski definition) is 2. The molecule has 0 N–H and O–H groups in total. The Morgan fingerprint density at radius 1 is 1.64 bits per heavy atom. The van der Waals surface area contributed by atoms with Crippen LogP contribution in [0.5, 0.6) is 0 Å². The summed E-state index contributed by atoms with van der Waals surface area (Å²) in [6, 6.07) is 0.542. The number of hydrogen-bond donors (Lipinski definition) is 0. The van der Waals surface area contributed by atoms with Crippen molar-refractivity contribution in [3.05, 3.63) is 0 Å². The highest BCUT2D eigenvalue weighted by Gasteiger charge is 2.23. The standard InChI is InChI=1S/C9H16N2/c1-8(2)6-9-4-3-5-11(9)7-10/h8-9H,3-6H2,1-2H3. The van der Waals surface area contributed by atoms with Crippen molar-refractivity contribution < 1.29 is 0 Å². The van der Waals surface area contributed by atoms with Gasteiger partial charge >= 0.3 is 0 Å². The molecule has 2 nitrogen and oxygen atoms in total. The first kappa shape index (κ1) is 8.39. The lowest BCUT2D eigenvalue weighted by Crippen LogP contribution is -2.25. The Morgan fingerprint density at radius 3 is 2.91 bits per heavy atom. The highest BCUT2D eigenvalue weighted by molar-refractivity contribution is 4.88. The third-order valence-corrected chi connectivity index (χ3v) is 2.25. The van der Waals surface area contributed by atoms with Crippen LogP contribution in [0.1, 0.15) is 33.1 Å². The van der Waals surface area contributed by atoms with Crippen molar-refractivity contribution >= 4 is 0 Å². The van der Waals surface area contributed by atoms with Crippen molar-refractivity contribution in [3.63, 3.8) is 0 Å². The molecule has 0 amide bonds. The van der Waals surface area contributed by atoms with Crippen molar-refractivity contribution in [1.29, 1.82) is 5.26 Å². The first-order valence-corrected chi connectivity index (χ1v) is 4.40. The van der Waals surface area contributed by atoms with Crippen LogP contribution in [-0.2, 0) is 0 Å². The minimum atomic E-state index is 0.542. The number of likely N-dealkylation sites (tertiary alicyclic amines) is 1. The van der Waals surface area contributed by atoms with Gasteiger partial charge in [-0.05, 0) is 25.2 Å². The van der Waals surface area contributed by atoms with E-state index in [1.165, 1.54) is 19.3 Å². The normalized spacial score (nSPS) is 24.2. The summed E-state index contributed by atoms with van der Waals surface area (Å²) in [5, 5.41) is 8.73. The first-order valence-electron chi connectivity index (χ1n) is 4.40. The van der Waals surface area contributed by atoms with E-state index in [4.69, 9.17) is 5.26 Å². The van der Waals surface area contributed by atoms with E-state index in [-0.39, 0.29) is 0 Å². The summed E-state index contributed by atoms with van der Waals surface area (Å²) >= 11 is 0. The molecule has 0 aromatic heterocycles. The van der Waals surface area contributed by atoms with Crippen molar-refractivity contribution in [3.8, 4) is 6.19 Å². The second-order valence-electron chi connectivity index (χ2n) is 3.72. The topological polar surface area (TPSA) is 27.0 Å². The van der Waals surface area contributed by atoms with Crippen LogP contribution >= 0.6 is 0 Å². The second-order valence-corrected chi connectivity index (χ2v) is 3.72. The summed E-state index contributed by atoms with van der Waals surface area (Å²) in [4.78, 5) is 1.93. The van der Waals surface area contributed by atoms with Gasteiger partial charge < -0.3 is 4.90 Å². The van der Waals surface area contributed by atoms with Crippen LogP contribution in [0, 0.1) is 17.4 Å². The fourth-order valence-corrected chi connectivity index (χ4v) is 1.76. The monoisotopic (exact) mass is 152 g/mol. The third kappa shape index (κ3) is 2.11. The second kappa shape index (κ2) is 3.61. The molecule has 1 unspecified atom stereocenters. The molecule has 0 aromatic carbocycles. The molecule has 2 heteroatoms. The van der Waals surface area contributed by atoms with Gasteiger partial charge in [0.15, 0.2) is 6.19 Å². The first-order chi connectivity index (χ1) is 5.24. The lowest BCUT2D eigenvalue weighted by molar-refractivity contribution is 0.314. The molecular formula is C9H16N2. The van der Waals surface area contributed by atoms with Gasteiger partial charge in [-0.3, -0.25) is 0 Å². The molecule has 0 saturated carbocycles. The van der Waals surface area contributed by atoms with Gasteiger partial charge in [0, 0.05) is 12.6 Å². The highest BCUT2D eigenvalue weighted by atomic mass is 15.2. The summed E-state index contributed by atoms with van der Waals surface area (Å²) < 4.78 is 0. The van der Waals surface area contributed by atoms with E-state index in [0.717, 1.165) is 6.54 Å². The van der Waals surface area contributed by atoms with Gasteiger partial charge in [-0.15, -0.1) is 0 Å². The summed E-state index contributed by atoms with van der Waals surface area (Å²) in [6.07, 6.45) is 5.84. The Hall–Kier alpha value is -0.710. The van der Waals surface area contributed by atoms with Gasteiger partial charge in [0.25, 0.3) is 0 Å². The number of nitrogens with zero attached hydrogens (tertiary/aromatic N) is 2. The maximum absolute atomic E-state index is 8.73. The predicted molar refractivity (Wildman–Crippen MR) is 44.8 cm³/mol. The van der Waals surface area contributed by atoms with Crippen LogP contribution in [0.2, 0.25) is 0 Å². The molecule has 1 atom stereocenters. The van der Waals surface area contributed by atoms with Crippen molar-refractivity contribution in [2.24, 2.45) is 5.92 Å². The number of nitriles is 1. The van der Waals surface area contributed by atoms with Crippen molar-refractivity contribution in [2.75, 3.05) is 6.54 Å². The van der Waals surface area contributed by atoms with E-state index in [9.17, 15) is 0 Å². The Morgan fingerprint density at radius 2 is 2.36 bits per heavy atom. The Labute approximate surface area is 68.8 Å². The van der Waals surface area contributed by atoms with E-state index >= 15 is 0 Å². The SMILES string of the molecule is CC(C)CC1CCCN1C#N. The molecule has 1 aliphatic heterocycles. The molecule has 0 bridgehead atoms. The van der Waals surface area contributed by atoms with E-state index in [1.807, 2.05) is 4.90 Å². The van der Waals surface area contributed by atoms with Crippen molar-refractivity contribution in [1.82, 2.24) is 4.90 Å². The smallest absolute Gasteiger partial charge is 0.179 e. The Bertz CT molecular complexity index is 157. The van der Waals surface area contributed by atoms with Crippen LogP contribution in [0.25, 0.3) is 0 Å². The Kier molecular flexibility index (Phi) is 2.76. The van der Waals surface area contributed by atoms with Crippen molar-refractivity contribution in [2.45, 2.75) is 39.2 Å². The molecule has 0 aromatic rings. The van der Waals surface area contributed by atoms with Gasteiger partial charge in [0.05, 0.1) is 0 Å². The Balaban J connectivity index is 2.39. The molecule has 1 rings (SSSR count). The summed E-state index contributed by atoms with van der Waals surface area (Å²) in [6.45, 7) is 5.41. The largest absolute Gasteiger partial charge is 0.308 e. The maximum atomic E-state index is 8.73. The average molecular weight is 152 g/mol. The fraction of sp³-hybridized carbons (Fsp3) is 0.889. The molecule has 1 saturated heterocycles. The molecular weight excluding hydrogens is 136 g/mol. The van der Waals surface area contributed by atoms with E-state index in [0.29, 0.717) is 12.0 Å². The molecule has 1 aliphatic rings. The molecule has 0 radical (unpaired) electrons. The van der Waals surface area contributed by atoms with E-state index in [1.54, 1.807) is 0 Å². The van der Waals surface area contributed by atoms with Gasteiger partial charge in [-0.25, -0.2) is 0 Å². The van der Waals surface area contributed by atoms with Crippen LogP contribution in [0.4, 0.5) is 0 Å². The summed E-state index contributed by atoms with van der Waals surface area (Å²) in [5.74, 6) is 0.717. The molecule has 1 heterocycles. The van der Waals surface area contributed by atoms with Gasteiger partial charge in [0.1, 0.15) is 0 Å². The molecule has 62 valence electrons. The van der Waals surface area contributed by atoms with Crippen LogP contribution < -0.4 is 0 Å². The maximum Gasteiger partial charge on any atom is 0.179 e. The third-order valence-electron chi connectivity index (χ3n) is 2.25. The minimum absolute atomic E-state index is 0.542. The van der Waals surface area contributed by atoms with Gasteiger partial charge in [0.2, 0.25) is 0 Å². The molecule has 11 heavy (non-hydrogen) atoms. The van der Waals surface area contributed by atoms with Crippen LogP contribution in [-0.4, -0.2) is 17.5 Å². The zero-order valence-corrected chi connectivity index (χ0v) is 7.38. The quantitative estimate of drug-likeness (QED) is 0.566. The van der Waals surface area contributed by atoms with E-state index < -0.39 is 0 Å². The highest BCUT2D eigenvalue weighted by Crippen LogP contribution is 2.21. The average Bonchev–Trinajstić information content (AvgIpc) is 2.34. The van der Waals surface area contributed by atoms with Crippen LogP contribution in [0.3, 0.4) is 0 Å². The molecule has 1 fully saturated rings. The molecule has 0 aliphatic carbocycles. The zero-order chi connectivity index (χ0) is 8.27. The predicted octanol–water partition coefficient (Wildman–Crippen LogP) is 1.98. The minimum Gasteiger partial charge on any atom is -0.308 e. The van der Waals surface area contributed by atoms with Gasteiger partial charge in [-0.1, -0.05) is 13.8 Å². The lowest BCUT2D eigenvalue weighted by Gasteiger charge is -2.19.